The van der Waals surface area contributed by atoms with E-state index in [4.69, 9.17) is 10.00 Å². The summed E-state index contributed by atoms with van der Waals surface area (Å²) in [6.07, 6.45) is -0.670. The maximum atomic E-state index is 11.8. The predicted octanol–water partition coefficient (Wildman–Crippen LogP) is 1.82. The number of carbonyl (C=O) groups is 1. The Balaban J connectivity index is 1.94. The van der Waals surface area contributed by atoms with E-state index in [2.05, 4.69) is 15.5 Å². The van der Waals surface area contributed by atoms with Crippen LogP contribution in [0.3, 0.4) is 0 Å². The molecule has 0 bridgehead atoms. The van der Waals surface area contributed by atoms with Crippen LogP contribution in [0.25, 0.3) is 0 Å². The molecule has 0 saturated carbocycles. The third-order valence-electron chi connectivity index (χ3n) is 2.26. The van der Waals surface area contributed by atoms with Gasteiger partial charge in [0.1, 0.15) is 11.3 Å². The van der Waals surface area contributed by atoms with Crippen molar-refractivity contribution in [1.82, 2.24) is 10.2 Å². The standard InChI is InChI=1S/C12H10N4O2S/c1-8(11(17)15-12-16-14-7-19-12)18-10-4-2-9(6-13)3-5-10/h2-5,7-8H,1H3,(H,15,16,17). The third kappa shape index (κ3) is 3.50. The number of rotatable bonds is 4. The second-order valence-electron chi connectivity index (χ2n) is 3.63. The Morgan fingerprint density at radius 2 is 2.21 bits per heavy atom. The summed E-state index contributed by atoms with van der Waals surface area (Å²) in [7, 11) is 0. The van der Waals surface area contributed by atoms with Gasteiger partial charge < -0.3 is 4.74 Å². The molecule has 19 heavy (non-hydrogen) atoms. The van der Waals surface area contributed by atoms with E-state index in [0.717, 1.165) is 0 Å². The van der Waals surface area contributed by atoms with Gasteiger partial charge in [0.15, 0.2) is 6.10 Å². The van der Waals surface area contributed by atoms with Crippen LogP contribution in [0.15, 0.2) is 29.8 Å². The number of hydrogen-bond acceptors (Lipinski definition) is 6. The molecule has 0 aliphatic heterocycles. The molecular formula is C12H10N4O2S. The second-order valence-corrected chi connectivity index (χ2v) is 4.46. The summed E-state index contributed by atoms with van der Waals surface area (Å²) in [4.78, 5) is 11.8. The van der Waals surface area contributed by atoms with Gasteiger partial charge in [0.2, 0.25) is 5.13 Å². The molecule has 7 heteroatoms. The fraction of sp³-hybridized carbons (Fsp3) is 0.167. The Morgan fingerprint density at radius 3 is 2.79 bits per heavy atom. The molecule has 96 valence electrons. The van der Waals surface area contributed by atoms with Crippen molar-refractivity contribution in [1.29, 1.82) is 5.26 Å². The van der Waals surface area contributed by atoms with Gasteiger partial charge in [-0.3, -0.25) is 10.1 Å². The number of benzene rings is 1. The normalized spacial score (nSPS) is 11.4. The minimum absolute atomic E-state index is 0.305. The van der Waals surface area contributed by atoms with Crippen LogP contribution in [0.1, 0.15) is 12.5 Å². The first-order chi connectivity index (χ1) is 9.19. The van der Waals surface area contributed by atoms with Crippen LogP contribution in [0, 0.1) is 11.3 Å². The molecule has 0 spiro atoms. The Kier molecular flexibility index (Phi) is 4.05. The highest BCUT2D eigenvalue weighted by Gasteiger charge is 2.15. The van der Waals surface area contributed by atoms with E-state index in [1.54, 1.807) is 31.2 Å². The maximum absolute atomic E-state index is 11.8. The summed E-state index contributed by atoms with van der Waals surface area (Å²) < 4.78 is 5.46. The van der Waals surface area contributed by atoms with E-state index < -0.39 is 6.10 Å². The van der Waals surface area contributed by atoms with Crippen LogP contribution in [0.4, 0.5) is 5.13 Å². The zero-order valence-corrected chi connectivity index (χ0v) is 10.8. The van der Waals surface area contributed by atoms with Gasteiger partial charge in [-0.05, 0) is 31.2 Å². The Bertz CT molecular complexity index is 589. The number of amides is 1. The van der Waals surface area contributed by atoms with Crippen LogP contribution in [0.5, 0.6) is 5.75 Å². The molecule has 1 N–H and O–H groups in total. The Morgan fingerprint density at radius 1 is 1.47 bits per heavy atom. The summed E-state index contributed by atoms with van der Waals surface area (Å²) in [5.74, 6) is 0.222. The van der Waals surface area contributed by atoms with Crippen LogP contribution in [-0.2, 0) is 4.79 Å². The van der Waals surface area contributed by atoms with Crippen LogP contribution in [-0.4, -0.2) is 22.2 Å². The van der Waals surface area contributed by atoms with Crippen molar-refractivity contribution in [3.8, 4) is 11.8 Å². The number of nitriles is 1. The number of ether oxygens (including phenoxy) is 1. The van der Waals surface area contributed by atoms with Gasteiger partial charge in [0, 0.05) is 0 Å². The average molecular weight is 274 g/mol. The van der Waals surface area contributed by atoms with E-state index in [1.165, 1.54) is 16.8 Å². The zero-order valence-electron chi connectivity index (χ0n) is 10.0. The number of carbonyl (C=O) groups excluding carboxylic acids is 1. The van der Waals surface area contributed by atoms with E-state index in [1.807, 2.05) is 6.07 Å². The second kappa shape index (κ2) is 5.93. The summed E-state index contributed by atoms with van der Waals surface area (Å²) in [5.41, 5.74) is 2.07. The molecule has 0 fully saturated rings. The minimum atomic E-state index is -0.670. The molecule has 2 aromatic rings. The zero-order chi connectivity index (χ0) is 13.7. The van der Waals surface area contributed by atoms with Crippen molar-refractivity contribution >= 4 is 22.4 Å². The van der Waals surface area contributed by atoms with Crippen LogP contribution < -0.4 is 10.1 Å². The molecular weight excluding hydrogens is 264 g/mol. The minimum Gasteiger partial charge on any atom is -0.481 e. The van der Waals surface area contributed by atoms with Crippen molar-refractivity contribution < 1.29 is 9.53 Å². The first kappa shape index (κ1) is 13.0. The monoisotopic (exact) mass is 274 g/mol. The van der Waals surface area contributed by atoms with E-state index in [9.17, 15) is 4.79 Å². The molecule has 1 amide bonds. The molecule has 0 saturated heterocycles. The lowest BCUT2D eigenvalue weighted by molar-refractivity contribution is -0.122. The van der Waals surface area contributed by atoms with Crippen molar-refractivity contribution in [3.63, 3.8) is 0 Å². The van der Waals surface area contributed by atoms with Crippen LogP contribution in [0.2, 0.25) is 0 Å². The van der Waals surface area contributed by atoms with Gasteiger partial charge in [0.25, 0.3) is 5.91 Å². The molecule has 1 atom stereocenters. The molecule has 0 aliphatic carbocycles. The lowest BCUT2D eigenvalue weighted by Gasteiger charge is -2.13. The highest BCUT2D eigenvalue weighted by Crippen LogP contribution is 2.15. The van der Waals surface area contributed by atoms with Gasteiger partial charge in [-0.2, -0.15) is 5.26 Å². The van der Waals surface area contributed by atoms with Gasteiger partial charge >= 0.3 is 0 Å². The van der Waals surface area contributed by atoms with Crippen molar-refractivity contribution in [2.75, 3.05) is 5.32 Å². The fourth-order valence-corrected chi connectivity index (χ4v) is 1.75. The molecule has 1 heterocycles. The lowest BCUT2D eigenvalue weighted by Crippen LogP contribution is -2.30. The van der Waals surface area contributed by atoms with Crippen molar-refractivity contribution in [3.05, 3.63) is 35.3 Å². The molecule has 1 aromatic heterocycles. The summed E-state index contributed by atoms with van der Waals surface area (Å²) >= 11 is 1.23. The topological polar surface area (TPSA) is 87.9 Å². The summed E-state index contributed by atoms with van der Waals surface area (Å²) in [6, 6.07) is 8.56. The molecule has 6 nitrogen and oxygen atoms in total. The van der Waals surface area contributed by atoms with Gasteiger partial charge in [-0.15, -0.1) is 10.2 Å². The Labute approximate surface area is 113 Å². The van der Waals surface area contributed by atoms with Gasteiger partial charge in [0.05, 0.1) is 11.6 Å². The maximum Gasteiger partial charge on any atom is 0.266 e. The number of nitrogens with zero attached hydrogens (tertiary/aromatic N) is 3. The SMILES string of the molecule is CC(Oc1ccc(C#N)cc1)C(=O)Nc1nncs1. The third-order valence-corrected chi connectivity index (χ3v) is 2.86. The smallest absolute Gasteiger partial charge is 0.266 e. The van der Waals surface area contributed by atoms with E-state index >= 15 is 0 Å². The molecule has 1 unspecified atom stereocenters. The number of hydrogen-bond donors (Lipinski definition) is 1. The molecule has 1 aromatic carbocycles. The molecule has 0 aliphatic rings. The lowest BCUT2D eigenvalue weighted by atomic mass is 10.2. The van der Waals surface area contributed by atoms with Crippen LogP contribution >= 0.6 is 11.3 Å². The number of nitrogens with one attached hydrogen (secondary N) is 1. The van der Waals surface area contributed by atoms with Gasteiger partial charge in [-0.1, -0.05) is 11.3 Å². The first-order valence-corrected chi connectivity index (χ1v) is 6.31. The number of aromatic nitrogens is 2. The van der Waals surface area contributed by atoms with Gasteiger partial charge in [-0.25, -0.2) is 0 Å². The summed E-state index contributed by atoms with van der Waals surface area (Å²) in [5, 5.41) is 19.0. The average Bonchev–Trinajstić information content (AvgIpc) is 2.92. The Hall–Kier alpha value is -2.46. The van der Waals surface area contributed by atoms with E-state index in [0.29, 0.717) is 16.4 Å². The van der Waals surface area contributed by atoms with Crippen molar-refractivity contribution in [2.45, 2.75) is 13.0 Å². The van der Waals surface area contributed by atoms with Crippen molar-refractivity contribution in [2.24, 2.45) is 0 Å². The summed E-state index contributed by atoms with van der Waals surface area (Å²) in [6.45, 7) is 1.63. The fourth-order valence-electron chi connectivity index (χ4n) is 1.30. The largest absolute Gasteiger partial charge is 0.481 e. The first-order valence-electron chi connectivity index (χ1n) is 5.43. The quantitative estimate of drug-likeness (QED) is 0.918. The highest BCUT2D eigenvalue weighted by atomic mass is 32.1. The number of anilines is 1. The highest BCUT2D eigenvalue weighted by molar-refractivity contribution is 7.13. The molecule has 0 radical (unpaired) electrons. The van der Waals surface area contributed by atoms with E-state index in [-0.39, 0.29) is 5.91 Å². The molecule has 2 rings (SSSR count). The predicted molar refractivity (Wildman–Crippen MR) is 69.8 cm³/mol.